The molecule has 192 valence electrons. The molecule has 0 unspecified atom stereocenters. The molecule has 11 heteroatoms. The molecule has 5 nitrogen and oxygen atoms in total. The molecule has 0 bridgehead atoms. The summed E-state index contributed by atoms with van der Waals surface area (Å²) >= 11 is 12.0. The first kappa shape index (κ1) is 26.2. The van der Waals surface area contributed by atoms with E-state index in [1.54, 1.807) is 0 Å². The third kappa shape index (κ3) is 5.05. The number of nitrogen functional groups attached to an aromatic ring is 4. The maximum absolute atomic E-state index is 14.1. The van der Waals surface area contributed by atoms with Crippen molar-refractivity contribution in [3.8, 4) is 33.8 Å². The zero-order chi connectivity index (χ0) is 27.0. The summed E-state index contributed by atoms with van der Waals surface area (Å²) in [5.74, 6) is -0.227. The van der Waals surface area contributed by atoms with E-state index in [0.29, 0.717) is 0 Å². The number of hydrogen-bond donors (Lipinski definition) is 4. The molecule has 0 saturated carbocycles. The van der Waals surface area contributed by atoms with Crippen LogP contribution in [0.4, 0.5) is 40.3 Å². The van der Waals surface area contributed by atoms with Crippen LogP contribution in [0.5, 0.6) is 11.5 Å². The van der Waals surface area contributed by atoms with Gasteiger partial charge in [-0.2, -0.15) is 0 Å². The van der Waals surface area contributed by atoms with Crippen molar-refractivity contribution in [2.45, 2.75) is 12.9 Å². The van der Waals surface area contributed by atoms with Gasteiger partial charge in [0.25, 0.3) is 12.9 Å². The van der Waals surface area contributed by atoms with Crippen LogP contribution in [-0.2, 0) is 0 Å². The summed E-state index contributed by atoms with van der Waals surface area (Å²) in [6.45, 7) is 0. The number of halogens is 6. The molecule has 0 spiro atoms. The van der Waals surface area contributed by atoms with E-state index in [0.717, 1.165) is 0 Å². The summed E-state index contributed by atoms with van der Waals surface area (Å²) in [6.07, 6.45) is -5.88. The van der Waals surface area contributed by atoms with Gasteiger partial charge in [0.05, 0.1) is 0 Å². The quantitative estimate of drug-likeness (QED) is 0.142. The van der Waals surface area contributed by atoms with Crippen LogP contribution in [0.15, 0.2) is 60.7 Å². The van der Waals surface area contributed by atoms with Gasteiger partial charge in [-0.05, 0) is 36.4 Å². The largest absolute Gasteiger partial charge is 0.456 e. The molecule has 4 rings (SSSR count). The van der Waals surface area contributed by atoms with Gasteiger partial charge in [0.15, 0.2) is 0 Å². The molecule has 0 radical (unpaired) electrons. The fraction of sp³-hybridized carbons (Fsp3) is 0.0769. The molecule has 0 atom stereocenters. The van der Waals surface area contributed by atoms with Crippen molar-refractivity contribution in [3.05, 3.63) is 81.8 Å². The molecule has 0 aliphatic rings. The van der Waals surface area contributed by atoms with Gasteiger partial charge in [0.2, 0.25) is 0 Å². The highest BCUT2D eigenvalue weighted by molar-refractivity contribution is 6.32. The van der Waals surface area contributed by atoms with Crippen LogP contribution >= 0.6 is 23.2 Å². The third-order valence-electron chi connectivity index (χ3n) is 5.64. The van der Waals surface area contributed by atoms with Gasteiger partial charge in [-0.25, -0.2) is 17.6 Å². The Balaban J connectivity index is 2.01. The molecule has 0 amide bonds. The minimum absolute atomic E-state index is 0.0238. The molecule has 0 aromatic heterocycles. The van der Waals surface area contributed by atoms with Crippen molar-refractivity contribution in [2.75, 3.05) is 22.9 Å². The number of nitrogens with two attached hydrogens (primary N) is 4. The smallest absolute Gasteiger partial charge is 0.264 e. The predicted octanol–water partition coefficient (Wildman–Crippen LogP) is 8.32. The number of alkyl halides is 4. The summed E-state index contributed by atoms with van der Waals surface area (Å²) in [7, 11) is 0. The van der Waals surface area contributed by atoms with Gasteiger partial charge >= 0.3 is 0 Å². The zero-order valence-corrected chi connectivity index (χ0v) is 20.4. The zero-order valence-electron chi connectivity index (χ0n) is 18.9. The predicted molar refractivity (Wildman–Crippen MR) is 141 cm³/mol. The first-order chi connectivity index (χ1) is 17.5. The molecular weight excluding hydrogens is 531 g/mol. The Labute approximate surface area is 219 Å². The van der Waals surface area contributed by atoms with E-state index in [1.165, 1.54) is 60.7 Å². The highest BCUT2D eigenvalue weighted by atomic mass is 35.5. The number of ether oxygens (including phenoxy) is 1. The van der Waals surface area contributed by atoms with Gasteiger partial charge < -0.3 is 27.7 Å². The average Bonchev–Trinajstić information content (AvgIpc) is 2.79. The third-order valence-corrected chi connectivity index (χ3v) is 6.07. The van der Waals surface area contributed by atoms with Gasteiger partial charge in [0, 0.05) is 66.2 Å². The summed E-state index contributed by atoms with van der Waals surface area (Å²) in [6, 6.07) is 13.3. The van der Waals surface area contributed by atoms with Crippen LogP contribution in [-0.4, -0.2) is 0 Å². The number of anilines is 4. The molecule has 0 saturated heterocycles. The Morgan fingerprint density at radius 3 is 1.16 bits per heavy atom. The molecule has 0 aliphatic heterocycles. The summed E-state index contributed by atoms with van der Waals surface area (Å²) in [5, 5.41) is 0.410. The lowest BCUT2D eigenvalue weighted by Gasteiger charge is -2.22. The Morgan fingerprint density at radius 2 is 0.865 bits per heavy atom. The van der Waals surface area contributed by atoms with Crippen molar-refractivity contribution in [1.29, 1.82) is 0 Å². The van der Waals surface area contributed by atoms with Crippen molar-refractivity contribution < 1.29 is 22.3 Å². The number of hydrogen-bond acceptors (Lipinski definition) is 5. The summed E-state index contributed by atoms with van der Waals surface area (Å²) in [5.41, 5.74) is 23.6. The van der Waals surface area contributed by atoms with Crippen molar-refractivity contribution in [2.24, 2.45) is 0 Å². The van der Waals surface area contributed by atoms with E-state index in [9.17, 15) is 17.6 Å². The van der Waals surface area contributed by atoms with Crippen LogP contribution in [0.1, 0.15) is 24.0 Å². The highest BCUT2D eigenvalue weighted by Gasteiger charge is 2.26. The first-order valence-electron chi connectivity index (χ1n) is 10.7. The normalized spacial score (nSPS) is 11.4. The Hall–Kier alpha value is -3.82. The minimum Gasteiger partial charge on any atom is -0.456 e. The van der Waals surface area contributed by atoms with Gasteiger partial charge in [-0.15, -0.1) is 0 Å². The second-order valence-electron chi connectivity index (χ2n) is 8.06. The average molecular weight is 551 g/mol. The van der Waals surface area contributed by atoms with E-state index < -0.39 is 24.0 Å². The lowest BCUT2D eigenvalue weighted by molar-refractivity contribution is 0.151. The van der Waals surface area contributed by atoms with E-state index in [-0.39, 0.29) is 66.5 Å². The van der Waals surface area contributed by atoms with Crippen molar-refractivity contribution in [1.82, 2.24) is 0 Å². The lowest BCUT2D eigenvalue weighted by atomic mass is 9.94. The molecule has 0 aliphatic carbocycles. The van der Waals surface area contributed by atoms with Crippen molar-refractivity contribution in [3.63, 3.8) is 0 Å². The fourth-order valence-corrected chi connectivity index (χ4v) is 4.63. The fourth-order valence-electron chi connectivity index (χ4n) is 4.16. The molecular formula is C26H20Cl2F4N4O. The summed E-state index contributed by atoms with van der Waals surface area (Å²) < 4.78 is 62.6. The molecule has 4 aromatic rings. The molecule has 8 N–H and O–H groups in total. The monoisotopic (exact) mass is 550 g/mol. The Bertz CT molecular complexity index is 1340. The van der Waals surface area contributed by atoms with Crippen LogP contribution in [0.25, 0.3) is 22.3 Å². The van der Waals surface area contributed by atoms with Gasteiger partial charge in [0.1, 0.15) is 11.5 Å². The van der Waals surface area contributed by atoms with Crippen molar-refractivity contribution >= 4 is 46.0 Å². The Morgan fingerprint density at radius 1 is 0.541 bits per heavy atom. The van der Waals surface area contributed by atoms with Crippen LogP contribution in [0, 0.1) is 0 Å². The van der Waals surface area contributed by atoms with Crippen LogP contribution in [0.3, 0.4) is 0 Å². The van der Waals surface area contributed by atoms with Gasteiger partial charge in [-0.1, -0.05) is 47.5 Å². The molecule has 37 heavy (non-hydrogen) atoms. The number of benzene rings is 4. The molecule has 0 heterocycles. The number of rotatable bonds is 6. The van der Waals surface area contributed by atoms with Gasteiger partial charge in [-0.3, -0.25) is 0 Å². The maximum atomic E-state index is 14.1. The van der Waals surface area contributed by atoms with Crippen LogP contribution < -0.4 is 27.7 Å². The van der Waals surface area contributed by atoms with E-state index in [1.807, 2.05) is 0 Å². The maximum Gasteiger partial charge on any atom is 0.264 e. The topological polar surface area (TPSA) is 113 Å². The summed E-state index contributed by atoms with van der Waals surface area (Å²) in [4.78, 5) is 0. The molecule has 4 aromatic carbocycles. The first-order valence-corrected chi connectivity index (χ1v) is 11.4. The SMILES string of the molecule is Nc1cc(Cl)cc(N)c1-c1c(Oc2cccc(C(F)F)c2-c2c(N)cc(Cl)cc2N)cccc1C(F)F. The van der Waals surface area contributed by atoms with E-state index in [4.69, 9.17) is 50.9 Å². The highest BCUT2D eigenvalue weighted by Crippen LogP contribution is 2.49. The van der Waals surface area contributed by atoms with E-state index in [2.05, 4.69) is 0 Å². The second-order valence-corrected chi connectivity index (χ2v) is 8.94. The lowest BCUT2D eigenvalue weighted by Crippen LogP contribution is -2.04. The minimum atomic E-state index is -2.94. The Kier molecular flexibility index (Phi) is 7.29. The molecule has 0 fully saturated rings. The standard InChI is InChI=1S/C26H20Cl2F4N4O/c27-11-7-15(33)23(16(34)8-11)21-13(25(29)30)3-1-5-19(21)37-20-6-2-4-14(26(31)32)22(20)24-17(35)9-12(28)10-18(24)36/h1-10,25-26H,33-36H2. The van der Waals surface area contributed by atoms with Crippen LogP contribution in [0.2, 0.25) is 10.0 Å². The second kappa shape index (κ2) is 10.3. The van der Waals surface area contributed by atoms with E-state index >= 15 is 0 Å².